The van der Waals surface area contributed by atoms with Crippen LogP contribution >= 0.6 is 14.5 Å². The van der Waals surface area contributed by atoms with E-state index in [1.807, 2.05) is 0 Å². The van der Waals surface area contributed by atoms with Gasteiger partial charge in [0.25, 0.3) is 0 Å². The van der Waals surface area contributed by atoms with Gasteiger partial charge >= 0.3 is 0 Å². The van der Waals surface area contributed by atoms with Crippen molar-refractivity contribution in [2.45, 2.75) is 81.6 Å². The highest BCUT2D eigenvalue weighted by molar-refractivity contribution is 7.95. The lowest BCUT2D eigenvalue weighted by atomic mass is 10.2. The van der Waals surface area contributed by atoms with Crippen LogP contribution in [-0.4, -0.2) is 11.9 Å². The Balaban J connectivity index is 0.000000220. The van der Waals surface area contributed by atoms with Gasteiger partial charge in [0.15, 0.2) is 0 Å². The van der Waals surface area contributed by atoms with Gasteiger partial charge in [0.1, 0.15) is 46.4 Å². The third-order valence-electron chi connectivity index (χ3n) is 12.2. The Labute approximate surface area is 407 Å². The van der Waals surface area contributed by atoms with Crippen molar-refractivity contribution in [3.63, 3.8) is 0 Å². The van der Waals surface area contributed by atoms with Gasteiger partial charge < -0.3 is 19.8 Å². The Morgan fingerprint density at radius 1 is 0.309 bits per heavy atom. The molecule has 6 heteroatoms. The molecule has 8 rings (SSSR count). The van der Waals surface area contributed by atoms with E-state index < -0.39 is 26.5 Å². The number of carbonyl (C=O) groups excluding carboxylic acids is 2. The van der Waals surface area contributed by atoms with Crippen molar-refractivity contribution in [2.24, 2.45) is 0 Å². The van der Waals surface area contributed by atoms with Crippen LogP contribution in [0.25, 0.3) is 0 Å². The number of carboxylic acid groups (broad SMARTS) is 2. The summed E-state index contributed by atoms with van der Waals surface area (Å²) in [6, 6.07) is 72.4. The summed E-state index contributed by atoms with van der Waals surface area (Å²) in [7, 11) is -3.81. The Morgan fingerprint density at radius 3 is 0.632 bits per heavy atom. The Bertz CT molecular complexity index is 2490. The van der Waals surface area contributed by atoms with Gasteiger partial charge in [-0.3, -0.25) is 0 Å². The molecule has 0 aliphatic heterocycles. The summed E-state index contributed by atoms with van der Waals surface area (Å²) < 4.78 is 0. The summed E-state index contributed by atoms with van der Waals surface area (Å²) in [5.74, 6) is -2.17. The van der Waals surface area contributed by atoms with Gasteiger partial charge in [0, 0.05) is 11.9 Å². The highest BCUT2D eigenvalue weighted by Gasteiger charge is 2.49. The molecule has 0 spiro atoms. The molecule has 0 bridgehead atoms. The largest absolute Gasteiger partial charge is 0.550 e. The summed E-state index contributed by atoms with van der Waals surface area (Å²) in [5, 5.41) is 26.7. The van der Waals surface area contributed by atoms with E-state index in [0.717, 1.165) is 26.2 Å². The fourth-order valence-corrected chi connectivity index (χ4v) is 19.4. The van der Waals surface area contributed by atoms with Crippen LogP contribution < -0.4 is 42.0 Å². The highest BCUT2D eigenvalue weighted by Crippen LogP contribution is 2.61. The molecule has 0 N–H and O–H groups in total. The van der Waals surface area contributed by atoms with E-state index in [2.05, 4.69) is 250 Å². The molecular weight excluding hydrogens is 871 g/mol. The second-order valence-corrected chi connectivity index (χ2v) is 24.4. The van der Waals surface area contributed by atoms with Gasteiger partial charge in [-0.1, -0.05) is 169 Å². The van der Waals surface area contributed by atoms with E-state index in [-0.39, 0.29) is 0 Å². The Morgan fingerprint density at radius 2 is 0.471 bits per heavy atom. The lowest BCUT2D eigenvalue weighted by Crippen LogP contribution is -2.36. The standard InChI is InChI=1S/2C29H30P.2C2H4O2/c2*1-22-17-19-26(20-18-22)21-30(27-14-8-5-11-23(27)2,28-15-9-6-12-24(28)3)29-16-10-7-13-25(29)4;2*1-2(3)4/h2*5-20H,21H2,1-4H3;2*1H3,(H,3,4)/q2*+1;;/p-2. The molecule has 0 fully saturated rings. The quantitative estimate of drug-likeness (QED) is 0.128. The minimum atomic E-state index is -1.90. The van der Waals surface area contributed by atoms with Crippen molar-refractivity contribution >= 4 is 58.3 Å². The van der Waals surface area contributed by atoms with Crippen molar-refractivity contribution in [1.82, 2.24) is 0 Å². The van der Waals surface area contributed by atoms with Crippen LogP contribution in [0.5, 0.6) is 0 Å². The molecule has 0 aromatic heterocycles. The number of carbonyl (C=O) groups is 2. The molecule has 0 saturated heterocycles. The number of aryl methyl sites for hydroxylation is 8. The fraction of sp³-hybridized carbons (Fsp3) is 0.194. The van der Waals surface area contributed by atoms with Crippen molar-refractivity contribution in [3.8, 4) is 0 Å². The Hall–Kier alpha value is -6.44. The molecular formula is C62H66O4P2. The van der Waals surface area contributed by atoms with Gasteiger partial charge in [-0.2, -0.15) is 0 Å². The molecule has 0 amide bonds. The zero-order chi connectivity index (χ0) is 49.4. The molecule has 0 atom stereocenters. The van der Waals surface area contributed by atoms with Crippen LogP contribution in [0.1, 0.15) is 69.5 Å². The second kappa shape index (κ2) is 24.5. The van der Waals surface area contributed by atoms with Crippen LogP contribution in [0.2, 0.25) is 0 Å². The molecule has 0 radical (unpaired) electrons. The van der Waals surface area contributed by atoms with Gasteiger partial charge in [0.05, 0.1) is 12.3 Å². The molecule has 0 unspecified atom stereocenters. The number of rotatable bonds is 10. The molecule has 0 saturated carbocycles. The van der Waals surface area contributed by atoms with Gasteiger partial charge in [-0.05, 0) is 150 Å². The smallest absolute Gasteiger partial charge is 0.117 e. The normalized spacial score (nSPS) is 10.9. The summed E-state index contributed by atoms with van der Waals surface area (Å²) in [5.41, 5.74) is 13.7. The number of benzene rings is 8. The SMILES string of the molecule is CC(=O)[O-].CC(=O)[O-].Cc1ccc(C[P+](c2ccccc2C)(c2ccccc2C)c2ccccc2C)cc1.Cc1ccc(C[P+](c2ccccc2C)(c2ccccc2C)c2ccccc2C)cc1. The highest BCUT2D eigenvalue weighted by atomic mass is 31.2. The van der Waals surface area contributed by atoms with Crippen molar-refractivity contribution in [2.75, 3.05) is 0 Å². The summed E-state index contributed by atoms with van der Waals surface area (Å²) in [6.07, 6.45) is 2.07. The van der Waals surface area contributed by atoms with Crippen LogP contribution in [0.3, 0.4) is 0 Å². The average molecular weight is 937 g/mol. The monoisotopic (exact) mass is 936 g/mol. The third kappa shape index (κ3) is 13.0. The number of hydrogen-bond donors (Lipinski definition) is 0. The predicted molar refractivity (Wildman–Crippen MR) is 290 cm³/mol. The molecule has 348 valence electrons. The van der Waals surface area contributed by atoms with E-state index in [1.54, 1.807) is 0 Å². The molecule has 4 nitrogen and oxygen atoms in total. The lowest BCUT2D eigenvalue weighted by molar-refractivity contribution is -0.303. The van der Waals surface area contributed by atoms with E-state index >= 15 is 0 Å². The van der Waals surface area contributed by atoms with Gasteiger partial charge in [-0.25, -0.2) is 0 Å². The van der Waals surface area contributed by atoms with E-state index in [0.29, 0.717) is 0 Å². The molecule has 0 heterocycles. The topological polar surface area (TPSA) is 80.3 Å². The van der Waals surface area contributed by atoms with E-state index in [1.165, 1.54) is 87.5 Å². The first-order valence-corrected chi connectivity index (χ1v) is 27.1. The van der Waals surface area contributed by atoms with Crippen LogP contribution in [0.4, 0.5) is 0 Å². The summed E-state index contributed by atoms with van der Waals surface area (Å²) >= 11 is 0. The number of aliphatic carboxylic acids is 2. The predicted octanol–water partition coefficient (Wildman–Crippen LogP) is 10.3. The maximum atomic E-state index is 8.89. The van der Waals surface area contributed by atoms with Crippen LogP contribution in [0.15, 0.2) is 194 Å². The van der Waals surface area contributed by atoms with E-state index in [9.17, 15) is 0 Å². The fourth-order valence-electron chi connectivity index (χ4n) is 9.17. The summed E-state index contributed by atoms with van der Waals surface area (Å²) in [6.45, 7) is 19.9. The summed E-state index contributed by atoms with van der Waals surface area (Å²) in [4.78, 5) is 17.8. The molecule has 8 aromatic rings. The zero-order valence-electron chi connectivity index (χ0n) is 41.4. The third-order valence-corrected chi connectivity index (χ3v) is 21.9. The van der Waals surface area contributed by atoms with Gasteiger partial charge in [0.2, 0.25) is 0 Å². The molecule has 68 heavy (non-hydrogen) atoms. The van der Waals surface area contributed by atoms with Crippen LogP contribution in [0, 0.1) is 55.4 Å². The lowest BCUT2D eigenvalue weighted by Gasteiger charge is -2.31. The first kappa shape index (κ1) is 52.5. The average Bonchev–Trinajstić information content (AvgIpc) is 3.30. The maximum absolute atomic E-state index is 8.89. The Kier molecular flexibility index (Phi) is 19.0. The van der Waals surface area contributed by atoms with Crippen molar-refractivity contribution < 1.29 is 19.8 Å². The number of carboxylic acids is 2. The molecule has 8 aromatic carbocycles. The minimum absolute atomic E-state index is 0.972. The minimum Gasteiger partial charge on any atom is -0.550 e. The maximum Gasteiger partial charge on any atom is 0.117 e. The first-order chi connectivity index (χ1) is 32.5. The van der Waals surface area contributed by atoms with Gasteiger partial charge in [-0.15, -0.1) is 0 Å². The zero-order valence-corrected chi connectivity index (χ0v) is 43.2. The first-order valence-electron chi connectivity index (χ1n) is 23.1. The van der Waals surface area contributed by atoms with Crippen molar-refractivity contribution in [1.29, 1.82) is 0 Å². The van der Waals surface area contributed by atoms with Crippen molar-refractivity contribution in [3.05, 3.63) is 250 Å². The van der Waals surface area contributed by atoms with Crippen LogP contribution in [-0.2, 0) is 21.9 Å². The van der Waals surface area contributed by atoms with E-state index in [4.69, 9.17) is 19.8 Å². The molecule has 0 aliphatic rings. The molecule has 0 aliphatic carbocycles. The number of hydrogen-bond acceptors (Lipinski definition) is 4. The second-order valence-electron chi connectivity index (χ2n) is 17.6.